The largest absolute Gasteiger partial charge is 0.353 e. The second-order valence-electron chi connectivity index (χ2n) is 8.63. The highest BCUT2D eigenvalue weighted by Gasteiger charge is 2.31. The Kier molecular flexibility index (Phi) is 6.18. The summed E-state index contributed by atoms with van der Waals surface area (Å²) in [6.07, 6.45) is 1.61. The fraction of sp³-hybridized carbons (Fsp3) is 0.650. The summed E-state index contributed by atoms with van der Waals surface area (Å²) in [5.41, 5.74) is 0. The number of imidazole rings is 1. The average molecular weight is 449 g/mol. The molecule has 2 aliphatic heterocycles. The summed E-state index contributed by atoms with van der Waals surface area (Å²) in [5.74, 6) is 2.62. The summed E-state index contributed by atoms with van der Waals surface area (Å²) >= 11 is 0. The fourth-order valence-corrected chi connectivity index (χ4v) is 5.50. The Balaban J connectivity index is 1.38. The Hall–Kier alpha value is -2.24. The summed E-state index contributed by atoms with van der Waals surface area (Å²) in [5, 5.41) is 8.96. The molecule has 0 aromatic carbocycles. The highest BCUT2D eigenvalue weighted by Crippen LogP contribution is 2.22. The van der Waals surface area contributed by atoms with Gasteiger partial charge in [-0.1, -0.05) is 13.8 Å². The van der Waals surface area contributed by atoms with Crippen LogP contribution in [0.25, 0.3) is 0 Å². The van der Waals surface area contributed by atoms with Crippen LogP contribution in [0.2, 0.25) is 0 Å². The number of piperazine rings is 2. The zero-order valence-electron chi connectivity index (χ0n) is 18.8. The van der Waals surface area contributed by atoms with Gasteiger partial charge in [0.1, 0.15) is 5.82 Å². The van der Waals surface area contributed by atoms with Gasteiger partial charge in [-0.3, -0.25) is 0 Å². The van der Waals surface area contributed by atoms with Crippen LogP contribution in [0, 0.1) is 0 Å². The first-order chi connectivity index (χ1) is 14.8. The molecule has 0 spiro atoms. The summed E-state index contributed by atoms with van der Waals surface area (Å²) in [4.78, 5) is 11.0. The van der Waals surface area contributed by atoms with E-state index in [-0.39, 0.29) is 10.9 Å². The van der Waals surface area contributed by atoms with Crippen LogP contribution in [0.5, 0.6) is 0 Å². The van der Waals surface area contributed by atoms with Crippen molar-refractivity contribution in [3.8, 4) is 0 Å². The highest BCUT2D eigenvalue weighted by atomic mass is 32.2. The molecular formula is C20H32N8O2S. The molecule has 0 unspecified atom stereocenters. The fourth-order valence-electron chi connectivity index (χ4n) is 4.09. The Morgan fingerprint density at radius 3 is 1.81 bits per heavy atom. The Morgan fingerprint density at radius 1 is 0.839 bits per heavy atom. The van der Waals surface area contributed by atoms with E-state index < -0.39 is 10.0 Å². The zero-order chi connectivity index (χ0) is 22.2. The number of rotatable bonds is 5. The van der Waals surface area contributed by atoms with Crippen molar-refractivity contribution in [2.45, 2.75) is 24.8 Å². The molecule has 0 aliphatic carbocycles. The SMILES string of the molecule is CC(C)c1nc(S(=O)(=O)N2CCN(c3ccc(N4CCN(C)CC4)nn3)CC2)cn1C. The molecule has 2 aliphatic rings. The summed E-state index contributed by atoms with van der Waals surface area (Å²) in [6.45, 7) is 9.91. The highest BCUT2D eigenvalue weighted by molar-refractivity contribution is 7.89. The summed E-state index contributed by atoms with van der Waals surface area (Å²) in [7, 11) is 0.365. The topological polar surface area (TPSA) is 90.7 Å². The Labute approximate surface area is 184 Å². The van der Waals surface area contributed by atoms with Crippen LogP contribution in [0.15, 0.2) is 23.4 Å². The van der Waals surface area contributed by atoms with Gasteiger partial charge < -0.3 is 19.3 Å². The van der Waals surface area contributed by atoms with Crippen LogP contribution in [0.1, 0.15) is 25.6 Å². The van der Waals surface area contributed by atoms with Gasteiger partial charge in [0.05, 0.1) is 0 Å². The van der Waals surface area contributed by atoms with Crippen molar-refractivity contribution < 1.29 is 8.42 Å². The first-order valence-electron chi connectivity index (χ1n) is 10.8. The zero-order valence-corrected chi connectivity index (χ0v) is 19.6. The molecule has 0 radical (unpaired) electrons. The minimum absolute atomic E-state index is 0.128. The van der Waals surface area contributed by atoms with Crippen LogP contribution < -0.4 is 9.80 Å². The van der Waals surface area contributed by atoms with E-state index in [1.807, 2.05) is 33.0 Å². The molecule has 2 aromatic heterocycles. The molecule has 0 N–H and O–H groups in total. The lowest BCUT2D eigenvalue weighted by molar-refractivity contribution is 0.312. The number of anilines is 2. The second-order valence-corrected chi connectivity index (χ2v) is 10.5. The first-order valence-corrected chi connectivity index (χ1v) is 12.3. The van der Waals surface area contributed by atoms with E-state index in [0.29, 0.717) is 26.2 Å². The van der Waals surface area contributed by atoms with E-state index in [1.165, 1.54) is 4.31 Å². The van der Waals surface area contributed by atoms with Gasteiger partial charge in [-0.05, 0) is 19.2 Å². The minimum atomic E-state index is -3.60. The molecule has 2 fully saturated rings. The molecule has 170 valence electrons. The molecule has 0 saturated carbocycles. The molecule has 2 aromatic rings. The van der Waals surface area contributed by atoms with Crippen molar-refractivity contribution in [2.24, 2.45) is 7.05 Å². The standard InChI is InChI=1S/C20H32N8O2S/c1-16(2)20-21-19(15-25(20)4)31(29,30)28-13-11-27(12-14-28)18-6-5-17(22-23-18)26-9-7-24(3)8-10-26/h5-6,15-16H,7-14H2,1-4H3. The smallest absolute Gasteiger partial charge is 0.262 e. The van der Waals surface area contributed by atoms with Crippen LogP contribution >= 0.6 is 0 Å². The molecule has 4 rings (SSSR count). The number of likely N-dealkylation sites (N-methyl/N-ethyl adjacent to an activating group) is 1. The number of hydrogen-bond donors (Lipinski definition) is 0. The third kappa shape index (κ3) is 4.53. The third-order valence-corrected chi connectivity index (χ3v) is 7.81. The maximum absolute atomic E-state index is 13.1. The molecule has 4 heterocycles. The number of hydrogen-bond acceptors (Lipinski definition) is 8. The van der Waals surface area contributed by atoms with Gasteiger partial charge in [-0.15, -0.1) is 10.2 Å². The maximum Gasteiger partial charge on any atom is 0.262 e. The lowest BCUT2D eigenvalue weighted by atomic mass is 10.2. The monoisotopic (exact) mass is 448 g/mol. The number of aryl methyl sites for hydroxylation is 1. The number of sulfonamides is 1. The van der Waals surface area contributed by atoms with Crippen molar-refractivity contribution in [3.05, 3.63) is 24.2 Å². The maximum atomic E-state index is 13.1. The average Bonchev–Trinajstić information content (AvgIpc) is 3.17. The van der Waals surface area contributed by atoms with Crippen LogP contribution in [0.3, 0.4) is 0 Å². The van der Waals surface area contributed by atoms with Crippen LogP contribution in [-0.2, 0) is 17.1 Å². The van der Waals surface area contributed by atoms with Crippen LogP contribution in [0.4, 0.5) is 11.6 Å². The van der Waals surface area contributed by atoms with Gasteiger partial charge in [0.15, 0.2) is 16.7 Å². The van der Waals surface area contributed by atoms with E-state index >= 15 is 0 Å². The van der Waals surface area contributed by atoms with Crippen molar-refractivity contribution in [1.29, 1.82) is 0 Å². The summed E-state index contributed by atoms with van der Waals surface area (Å²) in [6, 6.07) is 4.00. The molecule has 0 atom stereocenters. The molecule has 0 bridgehead atoms. The normalized spacial score (nSPS) is 19.4. The van der Waals surface area contributed by atoms with Gasteiger partial charge >= 0.3 is 0 Å². The van der Waals surface area contributed by atoms with E-state index in [1.54, 1.807) is 10.8 Å². The van der Waals surface area contributed by atoms with Crippen LogP contribution in [-0.4, -0.2) is 96.8 Å². The molecular weight excluding hydrogens is 416 g/mol. The van der Waals surface area contributed by atoms with Gasteiger partial charge in [0.2, 0.25) is 0 Å². The van der Waals surface area contributed by atoms with Crippen molar-refractivity contribution in [1.82, 2.24) is 29.0 Å². The molecule has 2 saturated heterocycles. The molecule has 31 heavy (non-hydrogen) atoms. The second kappa shape index (κ2) is 8.71. The molecule has 0 amide bonds. The predicted octanol–water partition coefficient (Wildman–Crippen LogP) is 0.596. The van der Waals surface area contributed by atoms with Gasteiger partial charge in [-0.25, -0.2) is 13.4 Å². The van der Waals surface area contributed by atoms with Gasteiger partial charge in [0.25, 0.3) is 10.0 Å². The van der Waals surface area contributed by atoms with Gasteiger partial charge in [0, 0.05) is 71.5 Å². The van der Waals surface area contributed by atoms with Crippen molar-refractivity contribution >= 4 is 21.7 Å². The minimum Gasteiger partial charge on any atom is -0.353 e. The van der Waals surface area contributed by atoms with E-state index in [0.717, 1.165) is 43.6 Å². The quantitative estimate of drug-likeness (QED) is 0.657. The lowest BCUT2D eigenvalue weighted by Crippen LogP contribution is -2.49. The van der Waals surface area contributed by atoms with Crippen molar-refractivity contribution in [2.75, 3.05) is 69.2 Å². The molecule has 10 nitrogen and oxygen atoms in total. The van der Waals surface area contributed by atoms with Crippen molar-refractivity contribution in [3.63, 3.8) is 0 Å². The van der Waals surface area contributed by atoms with E-state index in [9.17, 15) is 8.42 Å². The number of aromatic nitrogens is 4. The Bertz CT molecular complexity index is 989. The summed E-state index contributed by atoms with van der Waals surface area (Å²) < 4.78 is 29.4. The number of nitrogens with zero attached hydrogens (tertiary/aromatic N) is 8. The third-order valence-electron chi connectivity index (χ3n) is 6.04. The Morgan fingerprint density at radius 2 is 1.35 bits per heavy atom. The van der Waals surface area contributed by atoms with E-state index in [2.05, 4.69) is 36.9 Å². The lowest BCUT2D eigenvalue weighted by Gasteiger charge is -2.35. The predicted molar refractivity (Wildman–Crippen MR) is 120 cm³/mol. The van der Waals surface area contributed by atoms with E-state index in [4.69, 9.17) is 0 Å². The van der Waals surface area contributed by atoms with Gasteiger partial charge in [-0.2, -0.15) is 4.31 Å². The molecule has 11 heteroatoms. The first kappa shape index (κ1) is 22.0.